The van der Waals surface area contributed by atoms with Crippen LogP contribution in [0.1, 0.15) is 13.8 Å². The van der Waals surface area contributed by atoms with E-state index >= 15 is 0 Å². The number of rotatable bonds is 6. The minimum Gasteiger partial charge on any atom is -0.481 e. The first-order valence-electron chi connectivity index (χ1n) is 5.88. The van der Waals surface area contributed by atoms with E-state index in [1.165, 1.54) is 11.8 Å². The van der Waals surface area contributed by atoms with Gasteiger partial charge in [0.15, 0.2) is 11.0 Å². The van der Waals surface area contributed by atoms with Crippen molar-refractivity contribution < 1.29 is 14.3 Å². The molecule has 2 aromatic rings. The lowest BCUT2D eigenvalue weighted by molar-refractivity contribution is -0.133. The SMILES string of the molecule is CC(C)Cn1c(SCC(=O)O)nnc1-c1ccoc1. The lowest BCUT2D eigenvalue weighted by atomic mass is 10.2. The van der Waals surface area contributed by atoms with Crippen LogP contribution < -0.4 is 0 Å². The molecule has 0 radical (unpaired) electrons. The molecule has 0 fully saturated rings. The number of thioether (sulfide) groups is 1. The number of hydrogen-bond acceptors (Lipinski definition) is 5. The van der Waals surface area contributed by atoms with Gasteiger partial charge >= 0.3 is 5.97 Å². The molecule has 0 spiro atoms. The number of carboxylic acids is 1. The zero-order valence-corrected chi connectivity index (χ0v) is 11.6. The largest absolute Gasteiger partial charge is 0.481 e. The van der Waals surface area contributed by atoms with E-state index < -0.39 is 5.97 Å². The molecule has 2 rings (SSSR count). The van der Waals surface area contributed by atoms with E-state index in [-0.39, 0.29) is 5.75 Å². The molecule has 102 valence electrons. The van der Waals surface area contributed by atoms with Crippen LogP contribution in [0.3, 0.4) is 0 Å². The summed E-state index contributed by atoms with van der Waals surface area (Å²) in [6.07, 6.45) is 3.18. The fourth-order valence-corrected chi connectivity index (χ4v) is 2.32. The van der Waals surface area contributed by atoms with E-state index in [1.54, 1.807) is 12.5 Å². The molecule has 0 amide bonds. The zero-order chi connectivity index (χ0) is 13.8. The van der Waals surface area contributed by atoms with Crippen LogP contribution in [0, 0.1) is 5.92 Å². The Morgan fingerprint density at radius 1 is 1.53 bits per heavy atom. The van der Waals surface area contributed by atoms with Crippen LogP contribution in [0.15, 0.2) is 28.2 Å². The highest BCUT2D eigenvalue weighted by Gasteiger charge is 2.16. The monoisotopic (exact) mass is 281 g/mol. The molecule has 0 aliphatic carbocycles. The maximum absolute atomic E-state index is 10.6. The van der Waals surface area contributed by atoms with Gasteiger partial charge < -0.3 is 14.1 Å². The van der Waals surface area contributed by atoms with Crippen LogP contribution in [0.4, 0.5) is 0 Å². The van der Waals surface area contributed by atoms with Crippen molar-refractivity contribution in [3.05, 3.63) is 18.6 Å². The van der Waals surface area contributed by atoms with E-state index in [0.29, 0.717) is 16.9 Å². The molecule has 19 heavy (non-hydrogen) atoms. The molecular weight excluding hydrogens is 266 g/mol. The summed E-state index contributed by atoms with van der Waals surface area (Å²) in [5.41, 5.74) is 0.843. The highest BCUT2D eigenvalue weighted by molar-refractivity contribution is 7.99. The summed E-state index contributed by atoms with van der Waals surface area (Å²) in [7, 11) is 0. The van der Waals surface area contributed by atoms with Gasteiger partial charge in [-0.25, -0.2) is 0 Å². The molecule has 0 saturated heterocycles. The van der Waals surface area contributed by atoms with Gasteiger partial charge in [-0.15, -0.1) is 10.2 Å². The van der Waals surface area contributed by atoms with Gasteiger partial charge in [0.05, 0.1) is 17.6 Å². The molecule has 0 aliphatic heterocycles. The lowest BCUT2D eigenvalue weighted by Gasteiger charge is -2.11. The summed E-state index contributed by atoms with van der Waals surface area (Å²) in [6.45, 7) is 4.91. The first-order chi connectivity index (χ1) is 9.08. The van der Waals surface area contributed by atoms with Crippen LogP contribution >= 0.6 is 11.8 Å². The summed E-state index contributed by atoms with van der Waals surface area (Å²) < 4.78 is 6.99. The number of hydrogen-bond donors (Lipinski definition) is 1. The maximum atomic E-state index is 10.6. The third-order valence-corrected chi connectivity index (χ3v) is 3.32. The van der Waals surface area contributed by atoms with Gasteiger partial charge in [-0.2, -0.15) is 0 Å². The fourth-order valence-electron chi connectivity index (χ4n) is 1.66. The molecule has 2 aromatic heterocycles. The highest BCUT2D eigenvalue weighted by Crippen LogP contribution is 2.25. The summed E-state index contributed by atoms with van der Waals surface area (Å²) in [5, 5.41) is 17.6. The minimum absolute atomic E-state index is 0.0262. The van der Waals surface area contributed by atoms with Crippen molar-refractivity contribution in [2.45, 2.75) is 25.5 Å². The molecule has 0 unspecified atom stereocenters. The standard InChI is InChI=1S/C12H15N3O3S/c1-8(2)5-15-11(9-3-4-18-6-9)13-14-12(15)19-7-10(16)17/h3-4,6,8H,5,7H2,1-2H3,(H,16,17). The maximum Gasteiger partial charge on any atom is 0.313 e. The highest BCUT2D eigenvalue weighted by atomic mass is 32.2. The number of aliphatic carboxylic acids is 1. The van der Waals surface area contributed by atoms with E-state index in [0.717, 1.165) is 12.1 Å². The first-order valence-corrected chi connectivity index (χ1v) is 6.87. The van der Waals surface area contributed by atoms with Crippen molar-refractivity contribution in [3.8, 4) is 11.4 Å². The van der Waals surface area contributed by atoms with E-state index in [1.807, 2.05) is 10.6 Å². The van der Waals surface area contributed by atoms with E-state index in [4.69, 9.17) is 9.52 Å². The smallest absolute Gasteiger partial charge is 0.313 e. The third kappa shape index (κ3) is 3.37. The normalized spacial score (nSPS) is 11.1. The molecular formula is C12H15N3O3S. The van der Waals surface area contributed by atoms with E-state index in [2.05, 4.69) is 24.0 Å². The van der Waals surface area contributed by atoms with Crippen molar-refractivity contribution in [3.63, 3.8) is 0 Å². The molecule has 6 nitrogen and oxygen atoms in total. The Morgan fingerprint density at radius 3 is 2.89 bits per heavy atom. The second-order valence-electron chi connectivity index (χ2n) is 4.51. The molecule has 0 bridgehead atoms. The molecule has 0 atom stereocenters. The van der Waals surface area contributed by atoms with Gasteiger partial charge in [0.1, 0.15) is 6.26 Å². The van der Waals surface area contributed by atoms with Crippen molar-refractivity contribution in [1.82, 2.24) is 14.8 Å². The first kappa shape index (κ1) is 13.7. The van der Waals surface area contributed by atoms with E-state index in [9.17, 15) is 4.79 Å². The molecule has 0 aromatic carbocycles. The zero-order valence-electron chi connectivity index (χ0n) is 10.7. The summed E-state index contributed by atoms with van der Waals surface area (Å²) in [6, 6.07) is 1.81. The fraction of sp³-hybridized carbons (Fsp3) is 0.417. The molecule has 2 heterocycles. The van der Waals surface area contributed by atoms with Crippen molar-refractivity contribution in [2.24, 2.45) is 5.92 Å². The minimum atomic E-state index is -0.867. The van der Waals surface area contributed by atoms with Crippen LogP contribution in [-0.4, -0.2) is 31.6 Å². The topological polar surface area (TPSA) is 81.2 Å². The van der Waals surface area contributed by atoms with Crippen LogP contribution in [0.5, 0.6) is 0 Å². The van der Waals surface area contributed by atoms with Crippen molar-refractivity contribution >= 4 is 17.7 Å². The number of nitrogens with zero attached hydrogens (tertiary/aromatic N) is 3. The average Bonchev–Trinajstić information content (AvgIpc) is 2.94. The number of carboxylic acid groups (broad SMARTS) is 1. The second-order valence-corrected chi connectivity index (χ2v) is 5.45. The predicted molar refractivity (Wildman–Crippen MR) is 70.9 cm³/mol. The second kappa shape index (κ2) is 5.92. The summed E-state index contributed by atoms with van der Waals surface area (Å²) in [4.78, 5) is 10.6. The lowest BCUT2D eigenvalue weighted by Crippen LogP contribution is -2.08. The summed E-state index contributed by atoms with van der Waals surface area (Å²) >= 11 is 1.17. The Morgan fingerprint density at radius 2 is 2.32 bits per heavy atom. The Bertz CT molecular complexity index is 549. The van der Waals surface area contributed by atoms with Crippen molar-refractivity contribution in [1.29, 1.82) is 0 Å². The Hall–Kier alpha value is -1.76. The van der Waals surface area contributed by atoms with Gasteiger partial charge in [0.2, 0.25) is 0 Å². The Labute approximate surface area is 114 Å². The van der Waals surface area contributed by atoms with Gasteiger partial charge in [-0.1, -0.05) is 25.6 Å². The van der Waals surface area contributed by atoms with Gasteiger partial charge in [-0.3, -0.25) is 4.79 Å². The van der Waals surface area contributed by atoms with Gasteiger partial charge in [-0.05, 0) is 12.0 Å². The van der Waals surface area contributed by atoms with Crippen LogP contribution in [0.2, 0.25) is 0 Å². The molecule has 7 heteroatoms. The van der Waals surface area contributed by atoms with Crippen LogP contribution in [0.25, 0.3) is 11.4 Å². The molecule has 0 saturated carbocycles. The Kier molecular flexibility index (Phi) is 4.26. The number of carbonyl (C=O) groups is 1. The van der Waals surface area contributed by atoms with Gasteiger partial charge in [0, 0.05) is 6.54 Å². The average molecular weight is 281 g/mol. The summed E-state index contributed by atoms with van der Waals surface area (Å²) in [5.74, 6) is 0.219. The predicted octanol–water partition coefficient (Wildman–Crippen LogP) is 2.37. The molecule has 0 aliphatic rings. The third-order valence-electron chi connectivity index (χ3n) is 2.37. The Balaban J connectivity index is 2.30. The van der Waals surface area contributed by atoms with Gasteiger partial charge in [0.25, 0.3) is 0 Å². The van der Waals surface area contributed by atoms with Crippen LogP contribution in [-0.2, 0) is 11.3 Å². The molecule has 1 N–H and O–H groups in total. The quantitative estimate of drug-likeness (QED) is 0.819. The number of aromatic nitrogens is 3. The number of furan rings is 1. The van der Waals surface area contributed by atoms with Crippen molar-refractivity contribution in [2.75, 3.05) is 5.75 Å².